The minimum atomic E-state index is -3.19. The fourth-order valence-corrected chi connectivity index (χ4v) is 3.01. The Hall–Kier alpha value is 0.0200. The maximum atomic E-state index is 11.1. The van der Waals surface area contributed by atoms with Crippen LogP contribution in [0.1, 0.15) is 6.42 Å². The van der Waals surface area contributed by atoms with E-state index in [2.05, 4.69) is 0 Å². The summed E-state index contributed by atoms with van der Waals surface area (Å²) in [5.41, 5.74) is 0. The average molecular weight is 244 g/mol. The van der Waals surface area contributed by atoms with Gasteiger partial charge in [0.15, 0.2) is 9.84 Å². The molecule has 0 radical (unpaired) electrons. The van der Waals surface area contributed by atoms with E-state index in [9.17, 15) is 12.6 Å². The Morgan fingerprint density at radius 1 is 1.00 bits per heavy atom. The van der Waals surface area contributed by atoms with Crippen molar-refractivity contribution in [3.05, 3.63) is 0 Å². The molecule has 0 aromatic carbocycles. The zero-order valence-electron chi connectivity index (χ0n) is 7.89. The number of aliphatic hydroxyl groups excluding tert-OH is 2. The highest BCUT2D eigenvalue weighted by Gasteiger charge is 2.10. The Bertz CT molecular complexity index is 259. The third kappa shape index (κ3) is 7.43. The molecule has 7 heteroatoms. The molecule has 0 saturated carbocycles. The van der Waals surface area contributed by atoms with Crippen molar-refractivity contribution in [2.75, 3.05) is 36.2 Å². The second-order valence-electron chi connectivity index (χ2n) is 2.80. The van der Waals surface area contributed by atoms with Crippen molar-refractivity contribution >= 4 is 20.6 Å². The molecule has 0 heterocycles. The molecular weight excluding hydrogens is 228 g/mol. The molecule has 1 unspecified atom stereocenters. The van der Waals surface area contributed by atoms with Crippen LogP contribution in [0, 0.1) is 0 Å². The van der Waals surface area contributed by atoms with E-state index in [4.69, 9.17) is 10.2 Å². The molecule has 14 heavy (non-hydrogen) atoms. The normalized spacial score (nSPS) is 14.1. The third-order valence-corrected chi connectivity index (χ3v) is 4.65. The van der Waals surface area contributed by atoms with Gasteiger partial charge in [0.25, 0.3) is 0 Å². The van der Waals surface area contributed by atoms with Crippen LogP contribution in [-0.4, -0.2) is 59.1 Å². The molecule has 0 aliphatic carbocycles. The summed E-state index contributed by atoms with van der Waals surface area (Å²) in [7, 11) is -4.32. The first-order valence-corrected chi connectivity index (χ1v) is 7.60. The van der Waals surface area contributed by atoms with Crippen molar-refractivity contribution in [3.8, 4) is 0 Å². The van der Waals surface area contributed by atoms with Crippen molar-refractivity contribution < 1.29 is 22.8 Å². The molecule has 0 saturated heterocycles. The summed E-state index contributed by atoms with van der Waals surface area (Å²) in [6.07, 6.45) is 0.314. The van der Waals surface area contributed by atoms with Gasteiger partial charge in [-0.3, -0.25) is 4.21 Å². The summed E-state index contributed by atoms with van der Waals surface area (Å²) < 4.78 is 33.1. The van der Waals surface area contributed by atoms with Crippen molar-refractivity contribution in [3.63, 3.8) is 0 Å². The highest BCUT2D eigenvalue weighted by Crippen LogP contribution is 1.96. The van der Waals surface area contributed by atoms with E-state index >= 15 is 0 Å². The van der Waals surface area contributed by atoms with Crippen LogP contribution in [-0.2, 0) is 20.6 Å². The highest BCUT2D eigenvalue weighted by molar-refractivity contribution is 7.91. The molecule has 86 valence electrons. The molecule has 5 nitrogen and oxygen atoms in total. The maximum absolute atomic E-state index is 11.1. The van der Waals surface area contributed by atoms with Crippen LogP contribution >= 0.6 is 0 Å². The van der Waals surface area contributed by atoms with Crippen LogP contribution in [0.2, 0.25) is 0 Å². The Morgan fingerprint density at radius 3 is 2.14 bits per heavy atom. The molecular formula is C7H16O5S2. The lowest BCUT2D eigenvalue weighted by Crippen LogP contribution is -2.16. The van der Waals surface area contributed by atoms with Gasteiger partial charge in [0.1, 0.15) is 0 Å². The Morgan fingerprint density at radius 2 is 1.64 bits per heavy atom. The SMILES string of the molecule is O=S(CCO)CCCS(=O)(=O)CCO. The van der Waals surface area contributed by atoms with E-state index in [0.717, 1.165) is 0 Å². The van der Waals surface area contributed by atoms with Gasteiger partial charge in [-0.15, -0.1) is 0 Å². The first kappa shape index (κ1) is 14.0. The Kier molecular flexibility index (Phi) is 7.34. The Labute approximate surface area is 86.5 Å². The lowest BCUT2D eigenvalue weighted by molar-refractivity contribution is 0.319. The minimum Gasteiger partial charge on any atom is -0.395 e. The van der Waals surface area contributed by atoms with Crippen molar-refractivity contribution in [2.45, 2.75) is 6.42 Å². The molecule has 0 aromatic heterocycles. The third-order valence-electron chi connectivity index (χ3n) is 1.55. The average Bonchev–Trinajstić information content (AvgIpc) is 2.03. The quantitative estimate of drug-likeness (QED) is 0.543. The van der Waals surface area contributed by atoms with E-state index < -0.39 is 20.6 Å². The summed E-state index contributed by atoms with van der Waals surface area (Å²) in [4.78, 5) is 0. The van der Waals surface area contributed by atoms with Crippen molar-refractivity contribution in [1.82, 2.24) is 0 Å². The monoisotopic (exact) mass is 244 g/mol. The van der Waals surface area contributed by atoms with Crippen LogP contribution in [0.5, 0.6) is 0 Å². The van der Waals surface area contributed by atoms with Gasteiger partial charge in [-0.05, 0) is 6.42 Å². The maximum Gasteiger partial charge on any atom is 0.152 e. The largest absolute Gasteiger partial charge is 0.395 e. The van der Waals surface area contributed by atoms with Crippen LogP contribution in [0.15, 0.2) is 0 Å². The Balaban J connectivity index is 3.68. The van der Waals surface area contributed by atoms with Gasteiger partial charge >= 0.3 is 0 Å². The van der Waals surface area contributed by atoms with Crippen LogP contribution in [0.25, 0.3) is 0 Å². The molecule has 0 spiro atoms. The van der Waals surface area contributed by atoms with Crippen molar-refractivity contribution in [2.24, 2.45) is 0 Å². The highest BCUT2D eigenvalue weighted by atomic mass is 32.2. The molecule has 2 N–H and O–H groups in total. The topological polar surface area (TPSA) is 91.7 Å². The number of aliphatic hydroxyl groups is 2. The number of sulfone groups is 1. The van der Waals surface area contributed by atoms with Gasteiger partial charge in [0, 0.05) is 22.3 Å². The zero-order chi connectivity index (χ0) is 11.0. The van der Waals surface area contributed by atoms with Gasteiger partial charge in [-0.25, -0.2) is 8.42 Å². The fraction of sp³-hybridized carbons (Fsp3) is 1.00. The van der Waals surface area contributed by atoms with Gasteiger partial charge in [-0.2, -0.15) is 0 Å². The first-order valence-electron chi connectivity index (χ1n) is 4.29. The van der Waals surface area contributed by atoms with Crippen LogP contribution in [0.4, 0.5) is 0 Å². The van der Waals surface area contributed by atoms with Gasteiger partial charge in [0.2, 0.25) is 0 Å². The predicted octanol–water partition coefficient (Wildman–Crippen LogP) is -1.48. The summed E-state index contributed by atoms with van der Waals surface area (Å²) in [5.74, 6) is 0.190. The van der Waals surface area contributed by atoms with Crippen LogP contribution in [0.3, 0.4) is 0 Å². The number of rotatable bonds is 8. The van der Waals surface area contributed by atoms with Gasteiger partial charge in [-0.1, -0.05) is 0 Å². The molecule has 0 rings (SSSR count). The smallest absolute Gasteiger partial charge is 0.152 e. The number of hydrogen-bond acceptors (Lipinski definition) is 5. The van der Waals surface area contributed by atoms with E-state index in [0.29, 0.717) is 6.42 Å². The van der Waals surface area contributed by atoms with E-state index in [1.165, 1.54) is 0 Å². The van der Waals surface area contributed by atoms with E-state index in [1.54, 1.807) is 0 Å². The molecule has 0 bridgehead atoms. The van der Waals surface area contributed by atoms with Crippen molar-refractivity contribution in [1.29, 1.82) is 0 Å². The molecule has 0 amide bonds. The second-order valence-corrected chi connectivity index (χ2v) is 6.80. The zero-order valence-corrected chi connectivity index (χ0v) is 9.52. The second kappa shape index (κ2) is 7.33. The molecule has 0 fully saturated rings. The molecule has 0 aliphatic rings. The van der Waals surface area contributed by atoms with E-state index in [-0.39, 0.29) is 36.2 Å². The summed E-state index contributed by atoms with van der Waals surface area (Å²) in [5, 5.41) is 16.9. The number of hydrogen-bond donors (Lipinski definition) is 2. The molecule has 0 aliphatic heterocycles. The summed E-state index contributed by atoms with van der Waals surface area (Å²) >= 11 is 0. The van der Waals surface area contributed by atoms with Crippen LogP contribution < -0.4 is 0 Å². The van der Waals surface area contributed by atoms with Gasteiger partial charge in [0.05, 0.1) is 24.7 Å². The lowest BCUT2D eigenvalue weighted by atomic mass is 10.6. The summed E-state index contributed by atoms with van der Waals surface area (Å²) in [6, 6.07) is 0. The molecule has 0 aromatic rings. The fourth-order valence-electron chi connectivity index (χ4n) is 0.885. The standard InChI is InChI=1S/C7H16O5S2/c8-2-5-13(10)4-1-6-14(11,12)7-3-9/h8-9H,1-7H2. The summed E-state index contributed by atoms with van der Waals surface area (Å²) in [6.45, 7) is -0.516. The predicted molar refractivity (Wildman–Crippen MR) is 55.3 cm³/mol. The lowest BCUT2D eigenvalue weighted by Gasteiger charge is -2.01. The minimum absolute atomic E-state index is 0.0509. The first-order chi connectivity index (χ1) is 6.52. The van der Waals surface area contributed by atoms with Gasteiger partial charge < -0.3 is 10.2 Å². The van der Waals surface area contributed by atoms with E-state index in [1.807, 2.05) is 0 Å². The molecule has 1 atom stereocenters.